The summed E-state index contributed by atoms with van der Waals surface area (Å²) < 4.78 is 0. The smallest absolute Gasteiger partial charge is 0.194 e. The highest BCUT2D eigenvalue weighted by Crippen LogP contribution is 2.48. The van der Waals surface area contributed by atoms with E-state index in [1.807, 2.05) is 48.5 Å². The number of hydrogen-bond donors (Lipinski definition) is 0. The normalized spacial score (nSPS) is 12.9. The second-order valence-electron chi connectivity index (χ2n) is 8.32. The Hall–Kier alpha value is -4.04. The second kappa shape index (κ2) is 4.58. The fourth-order valence-electron chi connectivity index (χ4n) is 5.98. The van der Waals surface area contributed by atoms with E-state index in [1.165, 1.54) is 0 Å². The summed E-state index contributed by atoms with van der Waals surface area (Å²) in [6, 6.07) is 23.9. The molecule has 8 aromatic rings. The lowest BCUT2D eigenvalue weighted by molar-refractivity contribution is 1.73. The van der Waals surface area contributed by atoms with E-state index in [2.05, 4.69) is 24.3 Å². The molecule has 0 bridgehead atoms. The van der Waals surface area contributed by atoms with Gasteiger partial charge in [0.25, 0.3) is 0 Å². The van der Waals surface area contributed by atoms with Gasteiger partial charge in [0.2, 0.25) is 0 Å². The van der Waals surface area contributed by atoms with Crippen molar-refractivity contribution in [1.82, 2.24) is 0 Å². The third kappa shape index (κ3) is 1.37. The van der Waals surface area contributed by atoms with Gasteiger partial charge in [-0.1, -0.05) is 72.8 Å². The molecule has 0 unspecified atom stereocenters. The van der Waals surface area contributed by atoms with Gasteiger partial charge in [0.15, 0.2) is 10.9 Å². The Bertz CT molecular complexity index is 1790. The lowest BCUT2D eigenvalue weighted by Gasteiger charge is -2.21. The molecular formula is C28H12O2. The van der Waals surface area contributed by atoms with Crippen molar-refractivity contribution >= 4 is 75.4 Å². The van der Waals surface area contributed by atoms with Crippen LogP contribution in [0.25, 0.3) is 75.4 Å². The van der Waals surface area contributed by atoms with Crippen LogP contribution in [0.5, 0.6) is 0 Å². The Morgan fingerprint density at radius 1 is 0.300 bits per heavy atom. The van der Waals surface area contributed by atoms with Crippen LogP contribution in [0.2, 0.25) is 0 Å². The predicted octanol–water partition coefficient (Wildman–Crippen LogP) is 6.23. The highest BCUT2D eigenvalue weighted by Gasteiger charge is 2.24. The summed E-state index contributed by atoms with van der Waals surface area (Å²) in [5, 5.41) is 13.6. The van der Waals surface area contributed by atoms with Crippen LogP contribution in [0.1, 0.15) is 0 Å². The molecule has 2 heteroatoms. The maximum atomic E-state index is 13.5. The molecule has 0 saturated heterocycles. The van der Waals surface area contributed by atoms with Gasteiger partial charge in [-0.05, 0) is 21.5 Å². The van der Waals surface area contributed by atoms with Crippen LogP contribution in [0.4, 0.5) is 0 Å². The average Bonchev–Trinajstić information content (AvgIpc) is 2.80. The van der Waals surface area contributed by atoms with Crippen LogP contribution in [0.3, 0.4) is 0 Å². The minimum atomic E-state index is 0.0825. The third-order valence-electron chi connectivity index (χ3n) is 7.07. The summed E-state index contributed by atoms with van der Waals surface area (Å²) >= 11 is 0. The molecule has 30 heavy (non-hydrogen) atoms. The molecule has 8 aromatic carbocycles. The molecule has 0 N–H and O–H groups in total. The first-order valence-electron chi connectivity index (χ1n) is 10.1. The van der Waals surface area contributed by atoms with Gasteiger partial charge in [-0.15, -0.1) is 0 Å². The van der Waals surface area contributed by atoms with Crippen molar-refractivity contribution in [2.24, 2.45) is 0 Å². The van der Waals surface area contributed by atoms with E-state index in [0.29, 0.717) is 0 Å². The Kier molecular flexibility index (Phi) is 2.27. The first-order chi connectivity index (χ1) is 14.8. The molecule has 0 heterocycles. The summed E-state index contributed by atoms with van der Waals surface area (Å²) in [6.07, 6.45) is 0. The van der Waals surface area contributed by atoms with Gasteiger partial charge in [-0.3, -0.25) is 9.59 Å². The Morgan fingerprint density at radius 2 is 0.533 bits per heavy atom. The molecule has 0 amide bonds. The van der Waals surface area contributed by atoms with Crippen LogP contribution in [-0.2, 0) is 0 Å². The number of fused-ring (bicyclic) bond motifs is 2. The van der Waals surface area contributed by atoms with Gasteiger partial charge in [0.1, 0.15) is 0 Å². The highest BCUT2D eigenvalue weighted by atomic mass is 16.1. The van der Waals surface area contributed by atoms with E-state index < -0.39 is 0 Å². The average molecular weight is 380 g/mol. The number of benzene rings is 8. The molecular weight excluding hydrogens is 368 g/mol. The summed E-state index contributed by atoms with van der Waals surface area (Å²) in [6.45, 7) is 0. The van der Waals surface area contributed by atoms with Crippen LogP contribution < -0.4 is 10.9 Å². The number of rotatable bonds is 0. The van der Waals surface area contributed by atoms with Crippen molar-refractivity contribution in [3.8, 4) is 0 Å². The minimum absolute atomic E-state index is 0.0825. The summed E-state index contributed by atoms with van der Waals surface area (Å²) in [4.78, 5) is 27.0. The highest BCUT2D eigenvalue weighted by molar-refractivity contribution is 6.48. The molecule has 2 nitrogen and oxygen atoms in total. The zero-order valence-electron chi connectivity index (χ0n) is 15.7. The van der Waals surface area contributed by atoms with Crippen LogP contribution in [0.15, 0.2) is 82.4 Å². The largest absolute Gasteiger partial charge is 0.289 e. The van der Waals surface area contributed by atoms with E-state index in [0.717, 1.165) is 75.4 Å². The molecule has 0 aliphatic heterocycles. The van der Waals surface area contributed by atoms with Crippen molar-refractivity contribution in [3.63, 3.8) is 0 Å². The Labute approximate surface area is 168 Å². The molecule has 0 fully saturated rings. The molecule has 0 spiro atoms. The molecule has 0 saturated carbocycles. The van der Waals surface area contributed by atoms with Crippen molar-refractivity contribution < 1.29 is 0 Å². The fourth-order valence-corrected chi connectivity index (χ4v) is 5.98. The van der Waals surface area contributed by atoms with Crippen LogP contribution >= 0.6 is 0 Å². The monoisotopic (exact) mass is 380 g/mol. The quantitative estimate of drug-likeness (QED) is 0.231. The maximum Gasteiger partial charge on any atom is 0.194 e. The first-order valence-corrected chi connectivity index (χ1v) is 10.1. The first kappa shape index (κ1) is 14.9. The van der Waals surface area contributed by atoms with Crippen molar-refractivity contribution in [2.45, 2.75) is 0 Å². The Balaban J connectivity index is 2.03. The summed E-state index contributed by atoms with van der Waals surface area (Å²) in [5.41, 5.74) is 0.165. The van der Waals surface area contributed by atoms with E-state index >= 15 is 0 Å². The molecule has 0 aliphatic carbocycles. The number of hydrogen-bond acceptors (Lipinski definition) is 2. The van der Waals surface area contributed by atoms with Gasteiger partial charge < -0.3 is 0 Å². The summed E-state index contributed by atoms with van der Waals surface area (Å²) in [7, 11) is 0. The van der Waals surface area contributed by atoms with E-state index in [4.69, 9.17) is 0 Å². The van der Waals surface area contributed by atoms with E-state index in [9.17, 15) is 9.59 Å². The lowest BCUT2D eigenvalue weighted by atomic mass is 9.80. The van der Waals surface area contributed by atoms with Crippen LogP contribution in [-0.4, -0.2) is 0 Å². The topological polar surface area (TPSA) is 34.1 Å². The zero-order valence-corrected chi connectivity index (χ0v) is 15.7. The molecule has 8 rings (SSSR count). The molecule has 0 atom stereocenters. The SMILES string of the molecule is O=c1c2cccc3c4cccc5c(=O)c6cccc7c8cccc1c8c(c23)c(c54)c67. The van der Waals surface area contributed by atoms with Gasteiger partial charge in [0.05, 0.1) is 0 Å². The predicted molar refractivity (Wildman–Crippen MR) is 126 cm³/mol. The van der Waals surface area contributed by atoms with Gasteiger partial charge in [-0.2, -0.15) is 0 Å². The van der Waals surface area contributed by atoms with Crippen LogP contribution in [0, 0.1) is 0 Å². The third-order valence-corrected chi connectivity index (χ3v) is 7.07. The summed E-state index contributed by atoms with van der Waals surface area (Å²) in [5.74, 6) is 0. The minimum Gasteiger partial charge on any atom is -0.289 e. The second-order valence-corrected chi connectivity index (χ2v) is 8.32. The fraction of sp³-hybridized carbons (Fsp3) is 0. The van der Waals surface area contributed by atoms with Gasteiger partial charge >= 0.3 is 0 Å². The van der Waals surface area contributed by atoms with Crippen molar-refractivity contribution in [2.75, 3.05) is 0 Å². The van der Waals surface area contributed by atoms with Gasteiger partial charge in [-0.25, -0.2) is 0 Å². The van der Waals surface area contributed by atoms with E-state index in [1.54, 1.807) is 0 Å². The van der Waals surface area contributed by atoms with Crippen molar-refractivity contribution in [3.05, 3.63) is 93.2 Å². The lowest BCUT2D eigenvalue weighted by Crippen LogP contribution is -2.08. The molecule has 0 radical (unpaired) electrons. The zero-order chi connectivity index (χ0) is 19.7. The Morgan fingerprint density at radius 3 is 0.800 bits per heavy atom. The van der Waals surface area contributed by atoms with Crippen molar-refractivity contribution in [1.29, 1.82) is 0 Å². The van der Waals surface area contributed by atoms with Gasteiger partial charge in [0, 0.05) is 53.9 Å². The maximum absolute atomic E-state index is 13.5. The molecule has 0 aromatic heterocycles. The molecule has 0 aliphatic rings. The standard InChI is InChI=1S/C28H12O2/c29-27-17-9-1-5-13-14-6-2-11-19-22(14)26-24-16(8-4-12-20(24)28(19)30)15-7-3-10-18(27)23(15)25(26)21(13)17/h1-12H. The van der Waals surface area contributed by atoms with E-state index in [-0.39, 0.29) is 10.9 Å². The molecule has 136 valence electrons.